The van der Waals surface area contributed by atoms with Crippen LogP contribution in [0.25, 0.3) is 0 Å². The highest BCUT2D eigenvalue weighted by atomic mass is 19.1. The van der Waals surface area contributed by atoms with Gasteiger partial charge in [-0.05, 0) is 25.1 Å². The van der Waals surface area contributed by atoms with Gasteiger partial charge in [-0.3, -0.25) is 0 Å². The van der Waals surface area contributed by atoms with Crippen LogP contribution in [0.4, 0.5) is 4.39 Å². The molecule has 2 aromatic rings. The topological polar surface area (TPSA) is 22.1 Å². The normalized spacial score (nSPS) is 10.0. The van der Waals surface area contributed by atoms with E-state index < -0.39 is 0 Å². The fourth-order valence-electron chi connectivity index (χ4n) is 1.22. The molecule has 0 N–H and O–H groups in total. The van der Waals surface area contributed by atoms with E-state index in [9.17, 15) is 4.39 Å². The van der Waals surface area contributed by atoms with Gasteiger partial charge < -0.3 is 4.74 Å². The predicted octanol–water partition coefficient (Wildman–Crippen LogP) is 3.32. The Morgan fingerprint density at radius 2 is 2.07 bits per heavy atom. The Hall–Kier alpha value is -1.90. The van der Waals surface area contributed by atoms with Crippen molar-refractivity contribution in [3.63, 3.8) is 0 Å². The van der Waals surface area contributed by atoms with Crippen LogP contribution in [0.1, 0.15) is 5.56 Å². The average molecular weight is 203 g/mol. The minimum Gasteiger partial charge on any atom is -0.439 e. The van der Waals surface area contributed by atoms with Crippen molar-refractivity contribution in [1.82, 2.24) is 4.98 Å². The lowest BCUT2D eigenvalue weighted by Crippen LogP contribution is -1.90. The maximum absolute atomic E-state index is 12.9. The molecule has 0 aliphatic heterocycles. The van der Waals surface area contributed by atoms with E-state index in [-0.39, 0.29) is 5.82 Å². The number of ether oxygens (including phenoxy) is 1. The van der Waals surface area contributed by atoms with E-state index in [0.29, 0.717) is 11.6 Å². The summed E-state index contributed by atoms with van der Waals surface area (Å²) >= 11 is 0. The van der Waals surface area contributed by atoms with Gasteiger partial charge in [-0.25, -0.2) is 9.37 Å². The summed E-state index contributed by atoms with van der Waals surface area (Å²) in [5, 5.41) is 0. The van der Waals surface area contributed by atoms with E-state index in [4.69, 9.17) is 4.74 Å². The van der Waals surface area contributed by atoms with Crippen LogP contribution in [0.2, 0.25) is 0 Å². The van der Waals surface area contributed by atoms with Gasteiger partial charge in [0.15, 0.2) is 0 Å². The molecule has 0 unspecified atom stereocenters. The molecule has 0 saturated heterocycles. The van der Waals surface area contributed by atoms with Gasteiger partial charge in [0.05, 0.1) is 0 Å². The maximum atomic E-state index is 12.9. The molecule has 2 rings (SSSR count). The molecule has 0 fully saturated rings. The van der Waals surface area contributed by atoms with Crippen molar-refractivity contribution >= 4 is 0 Å². The van der Waals surface area contributed by atoms with Gasteiger partial charge in [0.25, 0.3) is 0 Å². The number of aryl methyl sites for hydroxylation is 1. The summed E-state index contributed by atoms with van der Waals surface area (Å²) in [6, 6.07) is 9.71. The summed E-state index contributed by atoms with van der Waals surface area (Å²) in [7, 11) is 0. The standard InChI is InChI=1S/C12H10FNO/c1-9-4-3-7-14-12(9)15-11-6-2-5-10(13)8-11/h2-8H,1H3. The highest BCUT2D eigenvalue weighted by Crippen LogP contribution is 2.22. The van der Waals surface area contributed by atoms with Crippen molar-refractivity contribution in [3.8, 4) is 11.6 Å². The maximum Gasteiger partial charge on any atom is 0.222 e. The Bertz CT molecular complexity index is 471. The zero-order valence-corrected chi connectivity index (χ0v) is 8.27. The van der Waals surface area contributed by atoms with Crippen LogP contribution in [0.3, 0.4) is 0 Å². The molecule has 1 heterocycles. The van der Waals surface area contributed by atoms with Gasteiger partial charge in [-0.2, -0.15) is 0 Å². The number of hydrogen-bond acceptors (Lipinski definition) is 2. The van der Waals surface area contributed by atoms with E-state index in [1.54, 1.807) is 18.3 Å². The summed E-state index contributed by atoms with van der Waals surface area (Å²) in [4.78, 5) is 4.06. The Kier molecular flexibility index (Phi) is 2.63. The predicted molar refractivity (Wildman–Crippen MR) is 55.4 cm³/mol. The Labute approximate surface area is 87.4 Å². The first-order valence-electron chi connectivity index (χ1n) is 4.61. The van der Waals surface area contributed by atoms with Crippen LogP contribution in [-0.4, -0.2) is 4.98 Å². The summed E-state index contributed by atoms with van der Waals surface area (Å²) < 4.78 is 18.3. The van der Waals surface area contributed by atoms with Gasteiger partial charge in [0.1, 0.15) is 11.6 Å². The van der Waals surface area contributed by atoms with E-state index in [1.807, 2.05) is 19.1 Å². The van der Waals surface area contributed by atoms with Crippen LogP contribution >= 0.6 is 0 Å². The van der Waals surface area contributed by atoms with Crippen LogP contribution in [0.15, 0.2) is 42.6 Å². The Morgan fingerprint density at radius 1 is 1.20 bits per heavy atom. The van der Waals surface area contributed by atoms with E-state index in [2.05, 4.69) is 4.98 Å². The monoisotopic (exact) mass is 203 g/mol. The van der Waals surface area contributed by atoms with Crippen molar-refractivity contribution in [2.45, 2.75) is 6.92 Å². The third-order valence-electron chi connectivity index (χ3n) is 1.97. The lowest BCUT2D eigenvalue weighted by molar-refractivity contribution is 0.454. The van der Waals surface area contributed by atoms with Crippen LogP contribution in [0, 0.1) is 12.7 Å². The number of hydrogen-bond donors (Lipinski definition) is 0. The summed E-state index contributed by atoms with van der Waals surface area (Å²) in [6.07, 6.45) is 1.64. The molecule has 0 aliphatic rings. The minimum absolute atomic E-state index is 0.318. The Morgan fingerprint density at radius 3 is 2.80 bits per heavy atom. The molecule has 0 spiro atoms. The molecule has 0 amide bonds. The number of benzene rings is 1. The molecule has 15 heavy (non-hydrogen) atoms. The number of rotatable bonds is 2. The number of pyridine rings is 1. The highest BCUT2D eigenvalue weighted by molar-refractivity contribution is 5.31. The van der Waals surface area contributed by atoms with Crippen molar-refractivity contribution in [2.24, 2.45) is 0 Å². The molecule has 3 heteroatoms. The van der Waals surface area contributed by atoms with Crippen LogP contribution in [0.5, 0.6) is 11.6 Å². The molecule has 1 aromatic carbocycles. The molecular formula is C12H10FNO. The first-order valence-corrected chi connectivity index (χ1v) is 4.61. The lowest BCUT2D eigenvalue weighted by atomic mass is 10.3. The largest absolute Gasteiger partial charge is 0.439 e. The van der Waals surface area contributed by atoms with Crippen molar-refractivity contribution in [3.05, 3.63) is 54.0 Å². The van der Waals surface area contributed by atoms with Gasteiger partial charge in [0, 0.05) is 17.8 Å². The zero-order valence-electron chi connectivity index (χ0n) is 8.27. The second kappa shape index (κ2) is 4.09. The molecule has 2 nitrogen and oxygen atoms in total. The molecule has 0 radical (unpaired) electrons. The summed E-state index contributed by atoms with van der Waals surface area (Å²) in [5.74, 6) is 0.640. The smallest absolute Gasteiger partial charge is 0.222 e. The fourth-order valence-corrected chi connectivity index (χ4v) is 1.22. The number of aromatic nitrogens is 1. The van der Waals surface area contributed by atoms with E-state index >= 15 is 0 Å². The SMILES string of the molecule is Cc1cccnc1Oc1cccc(F)c1. The highest BCUT2D eigenvalue weighted by Gasteiger charge is 2.02. The van der Waals surface area contributed by atoms with Crippen LogP contribution < -0.4 is 4.74 Å². The zero-order chi connectivity index (χ0) is 10.7. The average Bonchev–Trinajstić information content (AvgIpc) is 2.22. The van der Waals surface area contributed by atoms with E-state index in [1.165, 1.54) is 12.1 Å². The summed E-state index contributed by atoms with van der Waals surface area (Å²) in [6.45, 7) is 1.89. The lowest BCUT2D eigenvalue weighted by Gasteiger charge is -2.06. The third kappa shape index (κ3) is 2.31. The molecule has 0 aliphatic carbocycles. The number of halogens is 1. The van der Waals surface area contributed by atoms with Crippen molar-refractivity contribution in [2.75, 3.05) is 0 Å². The minimum atomic E-state index is -0.318. The molecule has 0 bridgehead atoms. The molecular weight excluding hydrogens is 193 g/mol. The van der Waals surface area contributed by atoms with Gasteiger partial charge in [-0.1, -0.05) is 12.1 Å². The van der Waals surface area contributed by atoms with Crippen molar-refractivity contribution < 1.29 is 9.13 Å². The number of nitrogens with zero attached hydrogens (tertiary/aromatic N) is 1. The van der Waals surface area contributed by atoms with Crippen LogP contribution in [-0.2, 0) is 0 Å². The van der Waals surface area contributed by atoms with E-state index in [0.717, 1.165) is 5.56 Å². The molecule has 0 atom stereocenters. The molecule has 0 saturated carbocycles. The van der Waals surface area contributed by atoms with Gasteiger partial charge >= 0.3 is 0 Å². The fraction of sp³-hybridized carbons (Fsp3) is 0.0833. The first kappa shape index (κ1) is 9.65. The third-order valence-corrected chi connectivity index (χ3v) is 1.97. The van der Waals surface area contributed by atoms with Crippen molar-refractivity contribution in [1.29, 1.82) is 0 Å². The molecule has 1 aromatic heterocycles. The molecule has 76 valence electrons. The van der Waals surface area contributed by atoms with Gasteiger partial charge in [0.2, 0.25) is 5.88 Å². The van der Waals surface area contributed by atoms with Gasteiger partial charge in [-0.15, -0.1) is 0 Å². The second-order valence-electron chi connectivity index (χ2n) is 3.18. The Balaban J connectivity index is 2.26. The quantitative estimate of drug-likeness (QED) is 0.746. The summed E-state index contributed by atoms with van der Waals surface area (Å²) in [5.41, 5.74) is 0.918. The second-order valence-corrected chi connectivity index (χ2v) is 3.18. The first-order chi connectivity index (χ1) is 7.25.